The molecule has 3 unspecified atom stereocenters. The number of nitrogens with one attached hydrogen (secondary N) is 2. The molecule has 3 aliphatic rings. The number of hydrogen-bond acceptors (Lipinski definition) is 6. The number of carbonyl (C=O) groups is 2. The van der Waals surface area contributed by atoms with E-state index in [9.17, 15) is 14.7 Å². The zero-order valence-corrected chi connectivity index (χ0v) is 19.3. The largest absolute Gasteiger partial charge is 0.497 e. The maximum absolute atomic E-state index is 13.0. The number of methoxy groups -OCH3 is 1. The molecule has 0 aliphatic carbocycles. The number of hydrogen-bond donors (Lipinski definition) is 3. The van der Waals surface area contributed by atoms with E-state index in [0.717, 1.165) is 24.2 Å². The van der Waals surface area contributed by atoms with Crippen molar-refractivity contribution in [1.29, 1.82) is 0 Å². The van der Waals surface area contributed by atoms with Gasteiger partial charge in [0.1, 0.15) is 5.75 Å². The summed E-state index contributed by atoms with van der Waals surface area (Å²) in [5, 5.41) is 16.8. The van der Waals surface area contributed by atoms with E-state index < -0.39 is 6.10 Å². The highest BCUT2D eigenvalue weighted by Gasteiger charge is 2.40. The van der Waals surface area contributed by atoms with Gasteiger partial charge in [0.05, 0.1) is 38.5 Å². The first-order valence-electron chi connectivity index (χ1n) is 11.9. The van der Waals surface area contributed by atoms with Crippen molar-refractivity contribution in [1.82, 2.24) is 15.5 Å². The minimum atomic E-state index is -0.725. The van der Waals surface area contributed by atoms with Crippen molar-refractivity contribution in [2.24, 2.45) is 0 Å². The first-order chi connectivity index (χ1) is 16.5. The SMILES string of the molecule is COc1ccc2c(c1)CN[C@H](C(O)CNC(=O)c1ccc(C(=O)N3C4CCC3COC4)cc1)C2. The van der Waals surface area contributed by atoms with Crippen LogP contribution < -0.4 is 15.4 Å². The van der Waals surface area contributed by atoms with Crippen LogP contribution in [-0.4, -0.2) is 72.9 Å². The molecule has 0 radical (unpaired) electrons. The number of morpholine rings is 1. The van der Waals surface area contributed by atoms with Crippen LogP contribution in [0.25, 0.3) is 0 Å². The Kier molecular flexibility index (Phi) is 6.54. The monoisotopic (exact) mass is 465 g/mol. The first-order valence-corrected chi connectivity index (χ1v) is 11.9. The second-order valence-corrected chi connectivity index (χ2v) is 9.32. The van der Waals surface area contributed by atoms with Crippen LogP contribution in [0.3, 0.4) is 0 Å². The Labute approximate surface area is 199 Å². The van der Waals surface area contributed by atoms with Crippen LogP contribution in [0.2, 0.25) is 0 Å². The van der Waals surface area contributed by atoms with Gasteiger partial charge in [-0.25, -0.2) is 0 Å². The van der Waals surface area contributed by atoms with Crippen molar-refractivity contribution < 1.29 is 24.2 Å². The summed E-state index contributed by atoms with van der Waals surface area (Å²) in [5.41, 5.74) is 3.37. The minimum Gasteiger partial charge on any atom is -0.497 e. The van der Waals surface area contributed by atoms with Crippen molar-refractivity contribution in [2.75, 3.05) is 26.9 Å². The molecule has 3 aliphatic heterocycles. The van der Waals surface area contributed by atoms with E-state index in [1.807, 2.05) is 23.1 Å². The average Bonchev–Trinajstić information content (AvgIpc) is 3.13. The zero-order chi connectivity index (χ0) is 23.7. The van der Waals surface area contributed by atoms with E-state index in [4.69, 9.17) is 9.47 Å². The first kappa shape index (κ1) is 22.8. The lowest BCUT2D eigenvalue weighted by Gasteiger charge is -2.34. The van der Waals surface area contributed by atoms with E-state index in [1.165, 1.54) is 5.56 Å². The summed E-state index contributed by atoms with van der Waals surface area (Å²) in [7, 11) is 1.65. The Morgan fingerprint density at radius 1 is 1.12 bits per heavy atom. The molecular formula is C26H31N3O5. The van der Waals surface area contributed by atoms with Crippen molar-refractivity contribution in [2.45, 2.75) is 50.0 Å². The molecule has 180 valence electrons. The summed E-state index contributed by atoms with van der Waals surface area (Å²) in [4.78, 5) is 27.6. The number of rotatable bonds is 6. The summed E-state index contributed by atoms with van der Waals surface area (Å²) < 4.78 is 10.8. The predicted octanol–water partition coefficient (Wildman–Crippen LogP) is 1.50. The minimum absolute atomic E-state index is 0.000505. The van der Waals surface area contributed by atoms with Crippen LogP contribution in [0.15, 0.2) is 42.5 Å². The second kappa shape index (κ2) is 9.74. The third-order valence-electron chi connectivity index (χ3n) is 7.21. The number of carbonyl (C=O) groups excluding carboxylic acids is 2. The van der Waals surface area contributed by atoms with E-state index >= 15 is 0 Å². The lowest BCUT2D eigenvalue weighted by atomic mass is 9.92. The van der Waals surface area contributed by atoms with Gasteiger partial charge in [-0.05, 0) is 66.8 Å². The van der Waals surface area contributed by atoms with E-state index in [2.05, 4.69) is 10.6 Å². The molecule has 8 nitrogen and oxygen atoms in total. The third kappa shape index (κ3) is 4.53. The highest BCUT2D eigenvalue weighted by molar-refractivity contribution is 5.98. The molecule has 2 amide bonds. The number of aliphatic hydroxyl groups is 1. The maximum atomic E-state index is 13.0. The van der Waals surface area contributed by atoms with E-state index in [0.29, 0.717) is 37.3 Å². The molecular weight excluding hydrogens is 434 g/mol. The van der Waals surface area contributed by atoms with Gasteiger partial charge >= 0.3 is 0 Å². The second-order valence-electron chi connectivity index (χ2n) is 9.32. The van der Waals surface area contributed by atoms with Gasteiger partial charge in [-0.15, -0.1) is 0 Å². The number of fused-ring (bicyclic) bond motifs is 3. The van der Waals surface area contributed by atoms with Crippen LogP contribution in [0.5, 0.6) is 5.75 Å². The molecule has 34 heavy (non-hydrogen) atoms. The predicted molar refractivity (Wildman–Crippen MR) is 126 cm³/mol. The lowest BCUT2D eigenvalue weighted by Crippen LogP contribution is -2.49. The van der Waals surface area contributed by atoms with Gasteiger partial charge in [0.25, 0.3) is 11.8 Å². The Morgan fingerprint density at radius 3 is 2.53 bits per heavy atom. The van der Waals surface area contributed by atoms with Gasteiger partial charge in [0.15, 0.2) is 0 Å². The zero-order valence-electron chi connectivity index (χ0n) is 19.3. The van der Waals surface area contributed by atoms with E-state index in [-0.39, 0.29) is 36.5 Å². The quantitative estimate of drug-likeness (QED) is 0.598. The fourth-order valence-electron chi connectivity index (χ4n) is 5.23. The van der Waals surface area contributed by atoms with Crippen molar-refractivity contribution >= 4 is 11.8 Å². The fraction of sp³-hybridized carbons (Fsp3) is 0.462. The Hall–Kier alpha value is -2.94. The molecule has 4 atom stereocenters. The van der Waals surface area contributed by atoms with Crippen molar-refractivity contribution in [3.63, 3.8) is 0 Å². The topological polar surface area (TPSA) is 100 Å². The smallest absolute Gasteiger partial charge is 0.254 e. The molecule has 3 N–H and O–H groups in total. The highest BCUT2D eigenvalue weighted by atomic mass is 16.5. The molecule has 2 fully saturated rings. The molecule has 8 heteroatoms. The van der Waals surface area contributed by atoms with Gasteiger partial charge in [0.2, 0.25) is 0 Å². The van der Waals surface area contributed by atoms with Crippen LogP contribution in [0.1, 0.15) is 44.7 Å². The lowest BCUT2D eigenvalue weighted by molar-refractivity contribution is -0.00716. The normalized spacial score (nSPS) is 24.3. The van der Waals surface area contributed by atoms with Gasteiger partial charge < -0.3 is 30.1 Å². The third-order valence-corrected chi connectivity index (χ3v) is 7.21. The standard InChI is InChI=1S/C26H31N3O5/c1-33-22-9-6-18-11-23(27-12-19(18)10-22)24(30)13-28-25(31)16-2-4-17(5-3-16)26(32)29-20-7-8-21(29)15-34-14-20/h2-6,9-10,20-21,23-24,27,30H,7-8,11-15H2,1H3,(H,28,31)/t20?,21?,23-,24?/m0/s1. The average molecular weight is 466 g/mol. The van der Waals surface area contributed by atoms with Gasteiger partial charge in [-0.3, -0.25) is 9.59 Å². The van der Waals surface area contributed by atoms with Crippen LogP contribution >= 0.6 is 0 Å². The fourth-order valence-corrected chi connectivity index (χ4v) is 5.23. The van der Waals surface area contributed by atoms with Gasteiger partial charge in [0, 0.05) is 30.3 Å². The molecule has 2 saturated heterocycles. The van der Waals surface area contributed by atoms with E-state index in [1.54, 1.807) is 31.4 Å². The molecule has 0 aromatic heterocycles. The van der Waals surface area contributed by atoms with Gasteiger partial charge in [-0.1, -0.05) is 6.07 Å². The summed E-state index contributed by atoms with van der Waals surface area (Å²) in [6, 6.07) is 12.9. The summed E-state index contributed by atoms with van der Waals surface area (Å²) in [6.45, 7) is 1.98. The number of amides is 2. The van der Waals surface area contributed by atoms with Crippen molar-refractivity contribution in [3.05, 3.63) is 64.7 Å². The van der Waals surface area contributed by atoms with Crippen molar-refractivity contribution in [3.8, 4) is 5.75 Å². The molecule has 3 heterocycles. The van der Waals surface area contributed by atoms with Gasteiger partial charge in [-0.2, -0.15) is 0 Å². The molecule has 2 bridgehead atoms. The summed E-state index contributed by atoms with van der Waals surface area (Å²) in [6.07, 6.45) is 1.91. The molecule has 2 aromatic rings. The molecule has 0 spiro atoms. The number of aliphatic hydroxyl groups excluding tert-OH is 1. The highest BCUT2D eigenvalue weighted by Crippen LogP contribution is 2.30. The molecule has 0 saturated carbocycles. The molecule has 5 rings (SSSR count). The number of nitrogens with zero attached hydrogens (tertiary/aromatic N) is 1. The van der Waals surface area contributed by atoms with Crippen LogP contribution in [-0.2, 0) is 17.7 Å². The Bertz CT molecular complexity index is 1040. The number of benzene rings is 2. The summed E-state index contributed by atoms with van der Waals surface area (Å²) in [5.74, 6) is 0.543. The maximum Gasteiger partial charge on any atom is 0.254 e. The Balaban J connectivity index is 1.14. The Morgan fingerprint density at radius 2 is 1.82 bits per heavy atom. The number of ether oxygens (including phenoxy) is 2. The van der Waals surface area contributed by atoms with Crippen LogP contribution in [0, 0.1) is 0 Å². The molecule has 2 aromatic carbocycles. The van der Waals surface area contributed by atoms with Crippen LogP contribution in [0.4, 0.5) is 0 Å². The summed E-state index contributed by atoms with van der Waals surface area (Å²) >= 11 is 0.